The highest BCUT2D eigenvalue weighted by Crippen LogP contribution is 2.18. The molecule has 2 amide bonds. The van der Waals surface area contributed by atoms with Crippen LogP contribution in [-0.4, -0.2) is 48.6 Å². The highest BCUT2D eigenvalue weighted by Gasteiger charge is 2.29. The summed E-state index contributed by atoms with van der Waals surface area (Å²) in [7, 11) is 0. The van der Waals surface area contributed by atoms with Crippen molar-refractivity contribution >= 4 is 36.6 Å². The molecule has 7 nitrogen and oxygen atoms in total. The number of aromatic nitrogens is 1. The number of amides is 2. The number of pyridine rings is 1. The van der Waals surface area contributed by atoms with Crippen LogP contribution in [0.15, 0.2) is 24.5 Å². The van der Waals surface area contributed by atoms with Crippen molar-refractivity contribution in [3.8, 4) is 0 Å². The second kappa shape index (κ2) is 11.2. The van der Waals surface area contributed by atoms with E-state index in [-0.39, 0.29) is 42.7 Å². The lowest BCUT2D eigenvalue weighted by molar-refractivity contribution is -0.131. The highest BCUT2D eigenvalue weighted by atomic mass is 35.5. The van der Waals surface area contributed by atoms with Crippen molar-refractivity contribution < 1.29 is 14.3 Å². The van der Waals surface area contributed by atoms with Gasteiger partial charge in [-0.05, 0) is 25.0 Å². The molecule has 1 aromatic rings. The maximum absolute atomic E-state index is 11.8. The zero-order valence-electron chi connectivity index (χ0n) is 12.6. The van der Waals surface area contributed by atoms with E-state index in [4.69, 9.17) is 10.5 Å². The molecule has 4 N–H and O–H groups in total. The van der Waals surface area contributed by atoms with Gasteiger partial charge in [0.15, 0.2) is 0 Å². The summed E-state index contributed by atoms with van der Waals surface area (Å²) >= 11 is 0. The summed E-state index contributed by atoms with van der Waals surface area (Å²) in [6, 6.07) is 3.38. The molecule has 0 aliphatic carbocycles. The van der Waals surface area contributed by atoms with E-state index in [1.165, 1.54) is 6.20 Å². The number of ether oxygens (including phenoxy) is 1. The van der Waals surface area contributed by atoms with Gasteiger partial charge in [0.1, 0.15) is 6.10 Å². The Morgan fingerprint density at radius 1 is 1.26 bits per heavy atom. The number of hydrogen-bond acceptors (Lipinski definition) is 5. The van der Waals surface area contributed by atoms with Crippen molar-refractivity contribution in [2.24, 2.45) is 5.73 Å². The molecule has 130 valence electrons. The maximum Gasteiger partial charge on any atom is 0.252 e. The number of carbonyl (C=O) groups is 2. The number of nitrogens with one attached hydrogen (secondary N) is 2. The van der Waals surface area contributed by atoms with Crippen molar-refractivity contribution in [3.05, 3.63) is 30.1 Å². The third kappa shape index (κ3) is 6.70. The molecule has 1 saturated heterocycles. The van der Waals surface area contributed by atoms with Crippen LogP contribution in [0.25, 0.3) is 0 Å². The molecule has 9 heteroatoms. The predicted octanol–water partition coefficient (Wildman–Crippen LogP) is 0.277. The summed E-state index contributed by atoms with van der Waals surface area (Å²) < 4.78 is 5.49. The third-order valence-electron chi connectivity index (χ3n) is 3.30. The fraction of sp³-hybridized carbons (Fsp3) is 0.500. The molecule has 0 spiro atoms. The molecule has 0 radical (unpaired) electrons. The number of nitrogens with two attached hydrogens (primary N) is 1. The predicted molar refractivity (Wildman–Crippen MR) is 91.0 cm³/mol. The lowest BCUT2D eigenvalue weighted by Crippen LogP contribution is -2.40. The number of carbonyl (C=O) groups excluding carboxylic acids is 2. The summed E-state index contributed by atoms with van der Waals surface area (Å²) in [6.07, 6.45) is 4.15. The monoisotopic (exact) mass is 364 g/mol. The van der Waals surface area contributed by atoms with Crippen LogP contribution >= 0.6 is 24.8 Å². The minimum absolute atomic E-state index is 0. The van der Waals surface area contributed by atoms with E-state index >= 15 is 0 Å². The van der Waals surface area contributed by atoms with E-state index in [0.717, 1.165) is 6.42 Å². The summed E-state index contributed by atoms with van der Waals surface area (Å²) in [5.41, 5.74) is 5.99. The zero-order valence-corrected chi connectivity index (χ0v) is 14.2. The van der Waals surface area contributed by atoms with Crippen LogP contribution in [0.4, 0.5) is 0 Å². The topological polar surface area (TPSA) is 106 Å². The van der Waals surface area contributed by atoms with Gasteiger partial charge in [0.2, 0.25) is 5.91 Å². The molecule has 1 aromatic heterocycles. The van der Waals surface area contributed by atoms with Crippen LogP contribution < -0.4 is 16.4 Å². The van der Waals surface area contributed by atoms with E-state index in [1.807, 2.05) is 0 Å². The number of hydrogen-bond donors (Lipinski definition) is 3. The molecular weight excluding hydrogens is 343 g/mol. The largest absolute Gasteiger partial charge is 0.364 e. The Kier molecular flexibility index (Phi) is 10.5. The Balaban J connectivity index is 0.00000242. The van der Waals surface area contributed by atoms with Crippen molar-refractivity contribution in [3.63, 3.8) is 0 Å². The molecule has 2 heterocycles. The van der Waals surface area contributed by atoms with Gasteiger partial charge in [0.05, 0.1) is 11.7 Å². The van der Waals surface area contributed by atoms with Gasteiger partial charge in [0.25, 0.3) is 5.91 Å². The van der Waals surface area contributed by atoms with Crippen molar-refractivity contribution in [1.29, 1.82) is 0 Å². The van der Waals surface area contributed by atoms with Gasteiger partial charge in [-0.2, -0.15) is 0 Å². The molecular formula is C14H22Cl2N4O3. The molecule has 2 atom stereocenters. The highest BCUT2D eigenvalue weighted by molar-refractivity contribution is 5.93. The van der Waals surface area contributed by atoms with E-state index in [2.05, 4.69) is 15.6 Å². The van der Waals surface area contributed by atoms with Crippen LogP contribution in [0.2, 0.25) is 0 Å². The molecule has 0 saturated carbocycles. The number of nitrogens with zero attached hydrogens (tertiary/aromatic N) is 1. The summed E-state index contributed by atoms with van der Waals surface area (Å²) in [6.45, 7) is 1.15. The minimum atomic E-state index is -0.424. The van der Waals surface area contributed by atoms with Gasteiger partial charge in [0, 0.05) is 32.0 Å². The van der Waals surface area contributed by atoms with E-state index < -0.39 is 6.10 Å². The fourth-order valence-electron chi connectivity index (χ4n) is 2.15. The third-order valence-corrected chi connectivity index (χ3v) is 3.30. The van der Waals surface area contributed by atoms with E-state index in [1.54, 1.807) is 18.3 Å². The second-order valence-electron chi connectivity index (χ2n) is 4.85. The van der Waals surface area contributed by atoms with Crippen molar-refractivity contribution in [2.75, 3.05) is 19.6 Å². The van der Waals surface area contributed by atoms with Gasteiger partial charge in [-0.3, -0.25) is 14.6 Å². The average molecular weight is 365 g/mol. The minimum Gasteiger partial charge on any atom is -0.364 e. The summed E-state index contributed by atoms with van der Waals surface area (Å²) in [4.78, 5) is 27.4. The standard InChI is InChI=1S/C14H20N4O3.2ClH/c15-8-11-3-4-12(21-11)14(20)18-7-6-17-13(19)10-2-1-5-16-9-10;;/h1-2,5,9,11-12H,3-4,6-8,15H2,(H,17,19)(H,18,20);2*1H/t11-,12+;;/m1../s1. The maximum atomic E-state index is 11.8. The molecule has 0 aromatic carbocycles. The lowest BCUT2D eigenvalue weighted by atomic mass is 10.2. The van der Waals surface area contributed by atoms with Gasteiger partial charge in [-0.1, -0.05) is 0 Å². The Morgan fingerprint density at radius 3 is 2.61 bits per heavy atom. The summed E-state index contributed by atoms with van der Waals surface area (Å²) in [5, 5.41) is 5.45. The molecule has 1 aliphatic rings. The van der Waals surface area contributed by atoms with Gasteiger partial charge < -0.3 is 21.1 Å². The van der Waals surface area contributed by atoms with Gasteiger partial charge >= 0.3 is 0 Å². The van der Waals surface area contributed by atoms with Gasteiger partial charge in [-0.25, -0.2) is 0 Å². The first kappa shape index (κ1) is 21.6. The van der Waals surface area contributed by atoms with Crippen LogP contribution in [0, 0.1) is 0 Å². The Hall–Kier alpha value is -1.41. The normalized spacial score (nSPS) is 19.2. The van der Waals surface area contributed by atoms with Crippen LogP contribution in [0.1, 0.15) is 23.2 Å². The van der Waals surface area contributed by atoms with Crippen molar-refractivity contribution in [2.45, 2.75) is 25.0 Å². The Labute approximate surface area is 147 Å². The molecule has 0 bridgehead atoms. The SMILES string of the molecule is Cl.Cl.NC[C@H]1CC[C@@H](C(=O)NCCNC(=O)c2cccnc2)O1. The van der Waals surface area contributed by atoms with Gasteiger partial charge in [-0.15, -0.1) is 24.8 Å². The lowest BCUT2D eigenvalue weighted by Gasteiger charge is -2.13. The average Bonchev–Trinajstić information content (AvgIpc) is 3.01. The Morgan fingerprint density at radius 2 is 2.00 bits per heavy atom. The zero-order chi connectivity index (χ0) is 15.1. The molecule has 23 heavy (non-hydrogen) atoms. The molecule has 0 unspecified atom stereocenters. The van der Waals surface area contributed by atoms with Crippen LogP contribution in [0.3, 0.4) is 0 Å². The smallest absolute Gasteiger partial charge is 0.252 e. The van der Waals surface area contributed by atoms with Crippen molar-refractivity contribution in [1.82, 2.24) is 15.6 Å². The van der Waals surface area contributed by atoms with E-state index in [0.29, 0.717) is 31.6 Å². The first-order chi connectivity index (χ1) is 10.2. The van der Waals surface area contributed by atoms with Crippen LogP contribution in [-0.2, 0) is 9.53 Å². The molecule has 1 aliphatic heterocycles. The number of halogens is 2. The summed E-state index contributed by atoms with van der Waals surface area (Å²) in [5.74, 6) is -0.362. The first-order valence-corrected chi connectivity index (χ1v) is 7.02. The van der Waals surface area contributed by atoms with E-state index in [9.17, 15) is 9.59 Å². The fourth-order valence-corrected chi connectivity index (χ4v) is 2.15. The van der Waals surface area contributed by atoms with Crippen LogP contribution in [0.5, 0.6) is 0 Å². The molecule has 1 fully saturated rings. The quantitative estimate of drug-likeness (QED) is 0.628. The Bertz CT molecular complexity index is 490. The molecule has 2 rings (SSSR count). The first-order valence-electron chi connectivity index (χ1n) is 7.02. The second-order valence-corrected chi connectivity index (χ2v) is 4.85. The number of rotatable bonds is 6.